The third-order valence-corrected chi connectivity index (χ3v) is 3.47. The second kappa shape index (κ2) is 6.47. The predicted octanol–water partition coefficient (Wildman–Crippen LogP) is 1.17. The first-order chi connectivity index (χ1) is 10.1. The van der Waals surface area contributed by atoms with Crippen LogP contribution in [0.25, 0.3) is 11.1 Å². The van der Waals surface area contributed by atoms with Crippen LogP contribution >= 0.6 is 0 Å². The number of hydrogen-bond acceptors (Lipinski definition) is 5. The standard InChI is InChI=1S/C16H21N3O2/c17-11-1-2-15(18)14(9-11)13-7-10(3-5-20)8-16(19)12(13)4-6-21/h1-2,7-9,20-21H,3-6,17-19H2. The summed E-state index contributed by atoms with van der Waals surface area (Å²) < 4.78 is 0. The van der Waals surface area contributed by atoms with E-state index in [1.165, 1.54) is 0 Å². The van der Waals surface area contributed by atoms with E-state index >= 15 is 0 Å². The van der Waals surface area contributed by atoms with E-state index in [0.29, 0.717) is 29.9 Å². The van der Waals surface area contributed by atoms with E-state index in [9.17, 15) is 5.11 Å². The third-order valence-electron chi connectivity index (χ3n) is 3.47. The van der Waals surface area contributed by atoms with Gasteiger partial charge in [0.2, 0.25) is 0 Å². The van der Waals surface area contributed by atoms with Crippen LogP contribution in [0.3, 0.4) is 0 Å². The second-order valence-corrected chi connectivity index (χ2v) is 5.01. The van der Waals surface area contributed by atoms with Crippen LogP contribution in [-0.2, 0) is 12.8 Å². The molecule has 0 aromatic heterocycles. The fourth-order valence-corrected chi connectivity index (χ4v) is 2.47. The highest BCUT2D eigenvalue weighted by Crippen LogP contribution is 2.34. The normalized spacial score (nSPS) is 10.8. The molecule has 0 amide bonds. The molecule has 0 aliphatic heterocycles. The van der Waals surface area contributed by atoms with Crippen molar-refractivity contribution < 1.29 is 10.2 Å². The van der Waals surface area contributed by atoms with Crippen LogP contribution in [-0.4, -0.2) is 23.4 Å². The van der Waals surface area contributed by atoms with Gasteiger partial charge in [0, 0.05) is 35.8 Å². The molecule has 0 unspecified atom stereocenters. The van der Waals surface area contributed by atoms with E-state index in [1.54, 1.807) is 18.2 Å². The zero-order valence-electron chi connectivity index (χ0n) is 11.8. The Morgan fingerprint density at radius 1 is 0.762 bits per heavy atom. The topological polar surface area (TPSA) is 119 Å². The molecule has 0 saturated heterocycles. The van der Waals surface area contributed by atoms with Gasteiger partial charge in [-0.1, -0.05) is 6.07 Å². The molecule has 0 radical (unpaired) electrons. The molecule has 0 aliphatic rings. The van der Waals surface area contributed by atoms with Gasteiger partial charge < -0.3 is 27.4 Å². The van der Waals surface area contributed by atoms with Crippen molar-refractivity contribution in [1.82, 2.24) is 0 Å². The van der Waals surface area contributed by atoms with E-state index < -0.39 is 0 Å². The summed E-state index contributed by atoms with van der Waals surface area (Å²) in [6, 6.07) is 9.07. The quantitative estimate of drug-likeness (QED) is 0.529. The smallest absolute Gasteiger partial charge is 0.0472 e. The number of hydrogen-bond donors (Lipinski definition) is 5. The summed E-state index contributed by atoms with van der Waals surface area (Å²) >= 11 is 0. The molecule has 0 aliphatic carbocycles. The maximum Gasteiger partial charge on any atom is 0.0472 e. The van der Waals surface area contributed by atoms with Crippen molar-refractivity contribution >= 4 is 17.1 Å². The molecular weight excluding hydrogens is 266 g/mol. The molecule has 5 nitrogen and oxygen atoms in total. The van der Waals surface area contributed by atoms with Crippen LogP contribution in [0.2, 0.25) is 0 Å². The Balaban J connectivity index is 2.65. The van der Waals surface area contributed by atoms with Gasteiger partial charge in [-0.05, 0) is 53.8 Å². The average Bonchev–Trinajstić information content (AvgIpc) is 2.45. The van der Waals surface area contributed by atoms with Crippen molar-refractivity contribution in [3.05, 3.63) is 41.5 Å². The lowest BCUT2D eigenvalue weighted by Crippen LogP contribution is -2.05. The van der Waals surface area contributed by atoms with Crippen molar-refractivity contribution in [2.24, 2.45) is 0 Å². The van der Waals surface area contributed by atoms with E-state index in [0.717, 1.165) is 22.3 Å². The minimum absolute atomic E-state index is 0.00122. The van der Waals surface area contributed by atoms with Gasteiger partial charge in [0.1, 0.15) is 0 Å². The molecule has 0 fully saturated rings. The number of benzene rings is 2. The van der Waals surface area contributed by atoms with Crippen LogP contribution in [0.4, 0.5) is 17.1 Å². The third kappa shape index (κ3) is 3.26. The van der Waals surface area contributed by atoms with Gasteiger partial charge >= 0.3 is 0 Å². The fraction of sp³-hybridized carbons (Fsp3) is 0.250. The van der Waals surface area contributed by atoms with Crippen molar-refractivity contribution in [3.8, 4) is 11.1 Å². The maximum absolute atomic E-state index is 9.26. The van der Waals surface area contributed by atoms with Crippen molar-refractivity contribution in [1.29, 1.82) is 0 Å². The summed E-state index contributed by atoms with van der Waals surface area (Å²) in [5.74, 6) is 0. The zero-order valence-corrected chi connectivity index (χ0v) is 11.8. The minimum Gasteiger partial charge on any atom is -0.399 e. The Morgan fingerprint density at radius 3 is 2.14 bits per heavy atom. The van der Waals surface area contributed by atoms with Crippen LogP contribution in [0, 0.1) is 0 Å². The molecule has 0 heterocycles. The summed E-state index contributed by atoms with van der Waals surface area (Å²) in [4.78, 5) is 0. The summed E-state index contributed by atoms with van der Waals surface area (Å²) in [5.41, 5.74) is 23.2. The number of aliphatic hydroxyl groups is 2. The summed E-state index contributed by atoms with van der Waals surface area (Å²) in [6.07, 6.45) is 0.952. The van der Waals surface area contributed by atoms with Gasteiger partial charge in [-0.3, -0.25) is 0 Å². The first kappa shape index (κ1) is 15.2. The van der Waals surface area contributed by atoms with E-state index in [2.05, 4.69) is 0 Å². The molecule has 21 heavy (non-hydrogen) atoms. The Hall–Kier alpha value is -2.24. The van der Waals surface area contributed by atoms with Crippen LogP contribution in [0.1, 0.15) is 11.1 Å². The van der Waals surface area contributed by atoms with Crippen LogP contribution < -0.4 is 17.2 Å². The lowest BCUT2D eigenvalue weighted by molar-refractivity contribution is 0.298. The Kier molecular flexibility index (Phi) is 4.67. The molecule has 8 N–H and O–H groups in total. The molecule has 5 heteroatoms. The minimum atomic E-state index is -0.00122. The number of nitrogen functional groups attached to an aromatic ring is 3. The molecule has 2 aromatic rings. The largest absolute Gasteiger partial charge is 0.399 e. The van der Waals surface area contributed by atoms with E-state index in [-0.39, 0.29) is 13.2 Å². The van der Waals surface area contributed by atoms with E-state index in [1.807, 2.05) is 12.1 Å². The molecule has 0 bridgehead atoms. The van der Waals surface area contributed by atoms with Gasteiger partial charge in [-0.2, -0.15) is 0 Å². The van der Waals surface area contributed by atoms with Crippen LogP contribution in [0.15, 0.2) is 30.3 Å². The lowest BCUT2D eigenvalue weighted by atomic mass is 9.92. The number of anilines is 3. The van der Waals surface area contributed by atoms with Crippen molar-refractivity contribution in [2.45, 2.75) is 12.8 Å². The highest BCUT2D eigenvalue weighted by Gasteiger charge is 2.13. The van der Waals surface area contributed by atoms with Crippen LogP contribution in [0.5, 0.6) is 0 Å². The van der Waals surface area contributed by atoms with Crippen molar-refractivity contribution in [3.63, 3.8) is 0 Å². The molecule has 112 valence electrons. The molecule has 2 aromatic carbocycles. The fourth-order valence-electron chi connectivity index (χ4n) is 2.47. The molecule has 2 rings (SSSR count). The zero-order chi connectivity index (χ0) is 15.4. The molecule has 0 saturated carbocycles. The highest BCUT2D eigenvalue weighted by atomic mass is 16.3. The predicted molar refractivity (Wildman–Crippen MR) is 86.7 cm³/mol. The number of aliphatic hydroxyl groups excluding tert-OH is 2. The average molecular weight is 287 g/mol. The first-order valence-electron chi connectivity index (χ1n) is 6.85. The molecular formula is C16H21N3O2. The summed E-state index contributed by atoms with van der Waals surface area (Å²) in [5, 5.41) is 18.4. The lowest BCUT2D eigenvalue weighted by Gasteiger charge is -2.16. The number of nitrogens with two attached hydrogens (primary N) is 3. The summed E-state index contributed by atoms with van der Waals surface area (Å²) in [6.45, 7) is 0.0450. The molecule has 0 spiro atoms. The van der Waals surface area contributed by atoms with E-state index in [4.69, 9.17) is 22.3 Å². The monoisotopic (exact) mass is 287 g/mol. The maximum atomic E-state index is 9.26. The van der Waals surface area contributed by atoms with Gasteiger partial charge in [0.15, 0.2) is 0 Å². The van der Waals surface area contributed by atoms with Gasteiger partial charge in [-0.25, -0.2) is 0 Å². The van der Waals surface area contributed by atoms with Gasteiger partial charge in [0.05, 0.1) is 0 Å². The summed E-state index contributed by atoms with van der Waals surface area (Å²) in [7, 11) is 0. The Bertz CT molecular complexity index is 642. The Morgan fingerprint density at radius 2 is 1.48 bits per heavy atom. The highest BCUT2D eigenvalue weighted by molar-refractivity contribution is 5.84. The van der Waals surface area contributed by atoms with Gasteiger partial charge in [0.25, 0.3) is 0 Å². The molecule has 0 atom stereocenters. The van der Waals surface area contributed by atoms with Crippen molar-refractivity contribution in [2.75, 3.05) is 30.4 Å². The Labute approximate surface area is 124 Å². The first-order valence-corrected chi connectivity index (χ1v) is 6.85. The van der Waals surface area contributed by atoms with Gasteiger partial charge in [-0.15, -0.1) is 0 Å². The number of rotatable bonds is 5. The second-order valence-electron chi connectivity index (χ2n) is 5.01. The SMILES string of the molecule is Nc1ccc(N)c(-c2cc(CCO)cc(N)c2CCO)c1.